The summed E-state index contributed by atoms with van der Waals surface area (Å²) in [6.07, 6.45) is 0.452. The fourth-order valence-corrected chi connectivity index (χ4v) is 2.63. The Labute approximate surface area is 115 Å². The molecule has 3 amide bonds. The maximum atomic E-state index is 13.4. The lowest BCUT2D eigenvalue weighted by Crippen LogP contribution is -2.52. The highest BCUT2D eigenvalue weighted by Gasteiger charge is 2.39. The number of imide groups is 1. The van der Waals surface area contributed by atoms with Crippen molar-refractivity contribution < 1.29 is 18.8 Å². The molecule has 2 aliphatic heterocycles. The maximum absolute atomic E-state index is 13.4. The average molecular weight is 272 g/mol. The minimum atomic E-state index is -0.713. The molecule has 0 bridgehead atoms. The summed E-state index contributed by atoms with van der Waals surface area (Å²) >= 11 is 0. The van der Waals surface area contributed by atoms with Crippen molar-refractivity contribution in [2.24, 2.45) is 0 Å². The molecule has 1 atom stereocenters. The van der Waals surface area contributed by atoms with Crippen LogP contribution in [0.25, 0.3) is 0 Å². The SMILES string of the molecule is [B]c1c(F)ccc2c1CN(C1CCC(=O)NC1=O)C2=O. The van der Waals surface area contributed by atoms with E-state index < -0.39 is 17.8 Å². The van der Waals surface area contributed by atoms with E-state index in [0.717, 1.165) is 6.07 Å². The summed E-state index contributed by atoms with van der Waals surface area (Å²) < 4.78 is 13.4. The number of nitrogens with zero attached hydrogens (tertiary/aromatic N) is 1. The summed E-state index contributed by atoms with van der Waals surface area (Å²) in [7, 11) is 5.64. The van der Waals surface area contributed by atoms with Gasteiger partial charge in [0.2, 0.25) is 11.8 Å². The van der Waals surface area contributed by atoms with Crippen molar-refractivity contribution in [2.45, 2.75) is 25.4 Å². The Morgan fingerprint density at radius 2 is 2.05 bits per heavy atom. The van der Waals surface area contributed by atoms with Crippen LogP contribution in [0.2, 0.25) is 0 Å². The van der Waals surface area contributed by atoms with Gasteiger partial charge < -0.3 is 4.90 Å². The molecule has 2 aliphatic rings. The molecule has 1 saturated heterocycles. The zero-order valence-electron chi connectivity index (χ0n) is 10.5. The number of amides is 3. The summed E-state index contributed by atoms with van der Waals surface area (Å²) in [5.74, 6) is -1.79. The van der Waals surface area contributed by atoms with Crippen molar-refractivity contribution in [1.82, 2.24) is 10.2 Å². The highest BCUT2D eigenvalue weighted by Crippen LogP contribution is 2.26. The van der Waals surface area contributed by atoms with E-state index in [2.05, 4.69) is 5.32 Å². The first kappa shape index (κ1) is 12.8. The van der Waals surface area contributed by atoms with Gasteiger partial charge in [-0.2, -0.15) is 0 Å². The second-order valence-corrected chi connectivity index (χ2v) is 4.89. The second-order valence-electron chi connectivity index (χ2n) is 4.89. The molecule has 5 nitrogen and oxygen atoms in total. The van der Waals surface area contributed by atoms with Gasteiger partial charge in [0.1, 0.15) is 19.7 Å². The molecule has 1 fully saturated rings. The summed E-state index contributed by atoms with van der Waals surface area (Å²) in [6, 6.07) is 1.80. The third-order valence-corrected chi connectivity index (χ3v) is 3.71. The molecule has 0 spiro atoms. The topological polar surface area (TPSA) is 66.5 Å². The Kier molecular flexibility index (Phi) is 2.85. The van der Waals surface area contributed by atoms with Gasteiger partial charge in [-0.1, -0.05) is 5.46 Å². The third kappa shape index (κ3) is 1.81. The molecular weight excluding hydrogens is 262 g/mol. The van der Waals surface area contributed by atoms with Crippen LogP contribution >= 0.6 is 0 Å². The zero-order chi connectivity index (χ0) is 14.4. The number of piperidine rings is 1. The Bertz CT molecular complexity index is 647. The lowest BCUT2D eigenvalue weighted by Gasteiger charge is -2.29. The van der Waals surface area contributed by atoms with E-state index in [4.69, 9.17) is 7.85 Å². The number of hydrogen-bond donors (Lipinski definition) is 1. The molecule has 20 heavy (non-hydrogen) atoms. The highest BCUT2D eigenvalue weighted by atomic mass is 19.1. The highest BCUT2D eigenvalue weighted by molar-refractivity contribution is 6.34. The molecule has 1 N–H and O–H groups in total. The molecule has 2 radical (unpaired) electrons. The van der Waals surface area contributed by atoms with Gasteiger partial charge in [0.25, 0.3) is 5.91 Å². The molecule has 2 heterocycles. The zero-order valence-corrected chi connectivity index (χ0v) is 10.5. The second kappa shape index (κ2) is 4.43. The van der Waals surface area contributed by atoms with Crippen LogP contribution < -0.4 is 10.8 Å². The number of halogens is 1. The quantitative estimate of drug-likeness (QED) is 0.547. The van der Waals surface area contributed by atoms with Crippen LogP contribution in [0.4, 0.5) is 4.39 Å². The van der Waals surface area contributed by atoms with Crippen LogP contribution in [-0.2, 0) is 16.1 Å². The predicted molar refractivity (Wildman–Crippen MR) is 67.8 cm³/mol. The lowest BCUT2D eigenvalue weighted by atomic mass is 9.88. The Morgan fingerprint density at radius 3 is 2.75 bits per heavy atom. The Morgan fingerprint density at radius 1 is 1.30 bits per heavy atom. The standard InChI is InChI=1S/C13H10BFN2O3/c14-11-7-5-17(9-3-4-10(18)16-12(9)19)13(20)6(7)1-2-8(11)15/h1-2,9H,3-5H2,(H,16,18,19). The monoisotopic (exact) mass is 272 g/mol. The number of fused-ring (bicyclic) bond motifs is 1. The molecule has 100 valence electrons. The van der Waals surface area contributed by atoms with Crippen molar-refractivity contribution in [2.75, 3.05) is 0 Å². The predicted octanol–water partition coefficient (Wildman–Crippen LogP) is -0.620. The van der Waals surface area contributed by atoms with E-state index in [1.54, 1.807) is 0 Å². The number of benzene rings is 1. The van der Waals surface area contributed by atoms with E-state index in [-0.39, 0.29) is 36.7 Å². The molecule has 0 saturated carbocycles. The fraction of sp³-hybridized carbons (Fsp3) is 0.308. The summed E-state index contributed by atoms with van der Waals surface area (Å²) in [6.45, 7) is 0.0873. The number of carbonyl (C=O) groups excluding carboxylic acids is 3. The van der Waals surface area contributed by atoms with Crippen molar-refractivity contribution in [3.05, 3.63) is 29.1 Å². The first-order chi connectivity index (χ1) is 9.49. The van der Waals surface area contributed by atoms with Crippen LogP contribution in [0.3, 0.4) is 0 Å². The molecule has 1 aromatic rings. The average Bonchev–Trinajstić information content (AvgIpc) is 2.72. The number of hydrogen-bond acceptors (Lipinski definition) is 3. The smallest absolute Gasteiger partial charge is 0.255 e. The first-order valence-electron chi connectivity index (χ1n) is 6.20. The van der Waals surface area contributed by atoms with Gasteiger partial charge in [-0.05, 0) is 24.1 Å². The van der Waals surface area contributed by atoms with Crippen LogP contribution in [0.15, 0.2) is 12.1 Å². The Hall–Kier alpha value is -2.18. The van der Waals surface area contributed by atoms with Gasteiger partial charge in [-0.3, -0.25) is 19.7 Å². The fourth-order valence-electron chi connectivity index (χ4n) is 2.63. The normalized spacial score (nSPS) is 21.9. The first-order valence-corrected chi connectivity index (χ1v) is 6.20. The van der Waals surface area contributed by atoms with Gasteiger partial charge in [-0.25, -0.2) is 4.39 Å². The van der Waals surface area contributed by atoms with Crippen molar-refractivity contribution >= 4 is 31.0 Å². The molecule has 0 aliphatic carbocycles. The van der Waals surface area contributed by atoms with Crippen molar-refractivity contribution in [3.63, 3.8) is 0 Å². The number of rotatable bonds is 1. The largest absolute Gasteiger partial charge is 0.322 e. The minimum Gasteiger partial charge on any atom is -0.322 e. The summed E-state index contributed by atoms with van der Waals surface area (Å²) in [4.78, 5) is 36.5. The lowest BCUT2D eigenvalue weighted by molar-refractivity contribution is -0.136. The molecule has 3 rings (SSSR count). The molecule has 7 heteroatoms. The number of carbonyl (C=O) groups is 3. The molecule has 1 aromatic carbocycles. The van der Waals surface area contributed by atoms with E-state index >= 15 is 0 Å². The van der Waals surface area contributed by atoms with E-state index in [1.807, 2.05) is 0 Å². The van der Waals surface area contributed by atoms with E-state index in [1.165, 1.54) is 11.0 Å². The number of nitrogens with one attached hydrogen (secondary N) is 1. The molecule has 1 unspecified atom stereocenters. The minimum absolute atomic E-state index is 0.0642. The van der Waals surface area contributed by atoms with Gasteiger partial charge in [-0.15, -0.1) is 0 Å². The van der Waals surface area contributed by atoms with Crippen LogP contribution in [-0.4, -0.2) is 36.5 Å². The van der Waals surface area contributed by atoms with Crippen LogP contribution in [0.1, 0.15) is 28.8 Å². The Balaban J connectivity index is 1.92. The van der Waals surface area contributed by atoms with Gasteiger partial charge in [0.05, 0.1) is 0 Å². The molecular formula is C13H10BFN2O3. The third-order valence-electron chi connectivity index (χ3n) is 3.71. The van der Waals surface area contributed by atoms with Crippen molar-refractivity contribution in [1.29, 1.82) is 0 Å². The summed E-state index contributed by atoms with van der Waals surface area (Å²) in [5, 5.41) is 2.20. The van der Waals surface area contributed by atoms with E-state index in [9.17, 15) is 18.8 Å². The van der Waals surface area contributed by atoms with Gasteiger partial charge in [0, 0.05) is 18.5 Å². The van der Waals surface area contributed by atoms with E-state index in [0.29, 0.717) is 11.1 Å². The maximum Gasteiger partial charge on any atom is 0.255 e. The van der Waals surface area contributed by atoms with Gasteiger partial charge in [0.15, 0.2) is 0 Å². The van der Waals surface area contributed by atoms with Crippen molar-refractivity contribution in [3.8, 4) is 0 Å². The van der Waals surface area contributed by atoms with Gasteiger partial charge >= 0.3 is 0 Å². The van der Waals surface area contributed by atoms with Crippen LogP contribution in [0.5, 0.6) is 0 Å². The molecule has 0 aromatic heterocycles. The summed E-state index contributed by atoms with van der Waals surface area (Å²) in [5.41, 5.74) is 0.652. The van der Waals surface area contributed by atoms with Crippen LogP contribution in [0, 0.1) is 5.82 Å².